The minimum absolute atomic E-state index is 0.161. The van der Waals surface area contributed by atoms with Crippen LogP contribution in [0.5, 0.6) is 0 Å². The minimum Gasteiger partial charge on any atom is -0.390 e. The van der Waals surface area contributed by atoms with E-state index in [2.05, 4.69) is 20.6 Å². The van der Waals surface area contributed by atoms with Crippen LogP contribution < -0.4 is 10.6 Å². The number of carbonyl (C=O) groups excluding carboxylic acids is 1. The number of benzene rings is 1. The van der Waals surface area contributed by atoms with Crippen LogP contribution in [-0.2, 0) is 18.3 Å². The topological polar surface area (TPSA) is 90.0 Å². The lowest BCUT2D eigenvalue weighted by Crippen LogP contribution is -2.52. The van der Waals surface area contributed by atoms with Gasteiger partial charge in [-0.25, -0.2) is 4.98 Å². The van der Waals surface area contributed by atoms with Crippen molar-refractivity contribution in [2.75, 3.05) is 13.1 Å². The van der Waals surface area contributed by atoms with Crippen LogP contribution in [0.25, 0.3) is 11.3 Å². The average Bonchev–Trinajstić information content (AvgIpc) is 3.44. The molecule has 2 aromatic heterocycles. The van der Waals surface area contributed by atoms with Crippen LogP contribution in [0.4, 0.5) is 13.2 Å². The molecule has 0 spiro atoms. The summed E-state index contributed by atoms with van der Waals surface area (Å²) in [7, 11) is 0. The van der Waals surface area contributed by atoms with Crippen molar-refractivity contribution in [3.63, 3.8) is 0 Å². The highest BCUT2D eigenvalue weighted by Crippen LogP contribution is 2.34. The Morgan fingerprint density at radius 3 is 2.48 bits per heavy atom. The molecule has 1 amide bonds. The lowest BCUT2D eigenvalue weighted by molar-refractivity contribution is -0.137. The minimum atomic E-state index is -4.39. The predicted molar refractivity (Wildman–Crippen MR) is 111 cm³/mol. The molecule has 0 bridgehead atoms. The summed E-state index contributed by atoms with van der Waals surface area (Å²) in [6.07, 6.45) is -3.08. The SMILES string of the molecule is O=C(NC1(c2nc(CO)cs2)CCNCC1)c1ccc(-c2ccc(C(F)(F)F)cc2)[nH]1. The van der Waals surface area contributed by atoms with Crippen molar-refractivity contribution in [3.05, 3.63) is 63.7 Å². The maximum absolute atomic E-state index is 13.0. The van der Waals surface area contributed by atoms with Gasteiger partial charge in [-0.3, -0.25) is 4.79 Å². The molecule has 1 saturated heterocycles. The molecule has 0 aliphatic carbocycles. The number of nitrogens with one attached hydrogen (secondary N) is 3. The van der Waals surface area contributed by atoms with Crippen molar-refractivity contribution in [2.45, 2.75) is 31.2 Å². The summed E-state index contributed by atoms with van der Waals surface area (Å²) >= 11 is 1.41. The van der Waals surface area contributed by atoms with E-state index in [0.717, 1.165) is 30.2 Å². The standard InChI is InChI=1S/C21H21F3N4O2S/c22-21(23,24)14-3-1-13(2-4-14)16-5-6-17(27-16)18(30)28-20(7-9-25-10-8-20)19-26-15(11-29)12-31-19/h1-6,12,25,27,29H,7-11H2,(H,28,30). The van der Waals surface area contributed by atoms with E-state index in [1.54, 1.807) is 17.5 Å². The Hall–Kier alpha value is -2.69. The van der Waals surface area contributed by atoms with E-state index in [1.807, 2.05) is 0 Å². The number of alkyl halides is 3. The normalized spacial score (nSPS) is 16.3. The van der Waals surface area contributed by atoms with Crippen molar-refractivity contribution >= 4 is 17.2 Å². The van der Waals surface area contributed by atoms with E-state index in [-0.39, 0.29) is 12.5 Å². The molecule has 3 heterocycles. The van der Waals surface area contributed by atoms with Crippen LogP contribution in [-0.4, -0.2) is 34.1 Å². The zero-order valence-corrected chi connectivity index (χ0v) is 17.2. The molecule has 4 rings (SSSR count). The molecule has 1 aliphatic heterocycles. The van der Waals surface area contributed by atoms with Gasteiger partial charge in [0.05, 0.1) is 23.4 Å². The summed E-state index contributed by atoms with van der Waals surface area (Å²) in [6.45, 7) is 1.28. The van der Waals surface area contributed by atoms with Gasteiger partial charge in [-0.05, 0) is 55.8 Å². The van der Waals surface area contributed by atoms with Gasteiger partial charge in [0.15, 0.2) is 0 Å². The molecule has 31 heavy (non-hydrogen) atoms. The van der Waals surface area contributed by atoms with Crippen molar-refractivity contribution in [1.29, 1.82) is 0 Å². The van der Waals surface area contributed by atoms with E-state index < -0.39 is 17.3 Å². The van der Waals surface area contributed by atoms with Gasteiger partial charge >= 0.3 is 6.18 Å². The molecule has 10 heteroatoms. The molecule has 0 atom stereocenters. The number of amides is 1. The first-order valence-corrected chi connectivity index (χ1v) is 10.6. The lowest BCUT2D eigenvalue weighted by atomic mass is 9.88. The molecule has 1 fully saturated rings. The number of thiazole rings is 1. The molecule has 1 aliphatic rings. The van der Waals surface area contributed by atoms with Gasteiger partial charge in [0, 0.05) is 11.1 Å². The molecular formula is C21H21F3N4O2S. The number of carbonyl (C=O) groups is 1. The van der Waals surface area contributed by atoms with Crippen LogP contribution in [0, 0.1) is 0 Å². The Morgan fingerprint density at radius 1 is 1.16 bits per heavy atom. The highest BCUT2D eigenvalue weighted by molar-refractivity contribution is 7.09. The second-order valence-electron chi connectivity index (χ2n) is 7.45. The first-order chi connectivity index (χ1) is 14.8. The number of halogens is 3. The number of H-pyrrole nitrogens is 1. The van der Waals surface area contributed by atoms with Crippen LogP contribution in [0.1, 0.15) is 39.6 Å². The molecule has 0 unspecified atom stereocenters. The summed E-state index contributed by atoms with van der Waals surface area (Å²) in [5.74, 6) is -0.319. The quantitative estimate of drug-likeness (QED) is 0.478. The van der Waals surface area contributed by atoms with E-state index >= 15 is 0 Å². The fourth-order valence-corrected chi connectivity index (χ4v) is 4.69. The maximum atomic E-state index is 13.0. The van der Waals surface area contributed by atoms with E-state index in [0.29, 0.717) is 35.5 Å². The third kappa shape index (κ3) is 4.51. The zero-order chi connectivity index (χ0) is 22.1. The first-order valence-electron chi connectivity index (χ1n) is 9.76. The van der Waals surface area contributed by atoms with Gasteiger partial charge in [0.25, 0.3) is 5.91 Å². The lowest BCUT2D eigenvalue weighted by Gasteiger charge is -2.36. The summed E-state index contributed by atoms with van der Waals surface area (Å²) in [6, 6.07) is 8.05. The number of hydrogen-bond acceptors (Lipinski definition) is 5. The maximum Gasteiger partial charge on any atom is 0.416 e. The second-order valence-corrected chi connectivity index (χ2v) is 8.31. The van der Waals surface area contributed by atoms with E-state index in [4.69, 9.17) is 0 Å². The Labute approximate surface area is 180 Å². The smallest absolute Gasteiger partial charge is 0.390 e. The van der Waals surface area contributed by atoms with Gasteiger partial charge in [-0.1, -0.05) is 12.1 Å². The number of rotatable bonds is 5. The van der Waals surface area contributed by atoms with Gasteiger partial charge in [-0.2, -0.15) is 13.2 Å². The van der Waals surface area contributed by atoms with Gasteiger partial charge in [-0.15, -0.1) is 11.3 Å². The number of nitrogens with zero attached hydrogens (tertiary/aromatic N) is 1. The molecule has 6 nitrogen and oxygen atoms in total. The van der Waals surface area contributed by atoms with Crippen LogP contribution in [0.15, 0.2) is 41.8 Å². The Bertz CT molecular complexity index is 1050. The van der Waals surface area contributed by atoms with Crippen molar-refractivity contribution in [3.8, 4) is 11.3 Å². The highest BCUT2D eigenvalue weighted by Gasteiger charge is 2.38. The molecule has 0 saturated carbocycles. The van der Waals surface area contributed by atoms with Crippen molar-refractivity contribution in [2.24, 2.45) is 0 Å². The molecule has 3 aromatic rings. The van der Waals surface area contributed by atoms with Crippen molar-refractivity contribution in [1.82, 2.24) is 20.6 Å². The summed E-state index contributed by atoms with van der Waals surface area (Å²) in [5, 5.41) is 18.2. The number of aromatic amines is 1. The third-order valence-electron chi connectivity index (χ3n) is 5.39. The Balaban J connectivity index is 1.54. The Morgan fingerprint density at radius 2 is 1.87 bits per heavy atom. The number of aliphatic hydroxyl groups is 1. The molecule has 0 radical (unpaired) electrons. The molecular weight excluding hydrogens is 429 g/mol. The summed E-state index contributed by atoms with van der Waals surface area (Å²) in [4.78, 5) is 20.5. The van der Waals surface area contributed by atoms with Crippen LogP contribution >= 0.6 is 11.3 Å². The van der Waals surface area contributed by atoms with Gasteiger partial charge in [0.1, 0.15) is 10.7 Å². The molecule has 4 N–H and O–H groups in total. The highest BCUT2D eigenvalue weighted by atomic mass is 32.1. The van der Waals surface area contributed by atoms with Crippen LogP contribution in [0.3, 0.4) is 0 Å². The number of aromatic nitrogens is 2. The van der Waals surface area contributed by atoms with Crippen molar-refractivity contribution < 1.29 is 23.1 Å². The fourth-order valence-electron chi connectivity index (χ4n) is 3.66. The third-order valence-corrected chi connectivity index (χ3v) is 6.48. The fraction of sp³-hybridized carbons (Fsp3) is 0.333. The second kappa shape index (κ2) is 8.45. The molecule has 1 aromatic carbocycles. The molecule has 164 valence electrons. The average molecular weight is 450 g/mol. The summed E-state index contributed by atoms with van der Waals surface area (Å²) < 4.78 is 38.3. The Kier molecular flexibility index (Phi) is 5.87. The predicted octanol–water partition coefficient (Wildman–Crippen LogP) is 3.66. The van der Waals surface area contributed by atoms with Gasteiger partial charge < -0.3 is 20.7 Å². The largest absolute Gasteiger partial charge is 0.416 e. The number of aliphatic hydroxyl groups excluding tert-OH is 1. The number of piperidine rings is 1. The van der Waals surface area contributed by atoms with Crippen LogP contribution in [0.2, 0.25) is 0 Å². The van der Waals surface area contributed by atoms with Gasteiger partial charge in [0.2, 0.25) is 0 Å². The van der Waals surface area contributed by atoms with E-state index in [1.165, 1.54) is 23.5 Å². The first kappa shape index (κ1) is 21.5. The zero-order valence-electron chi connectivity index (χ0n) is 16.4. The summed E-state index contributed by atoms with van der Waals surface area (Å²) in [5.41, 5.74) is 0.619. The number of hydrogen-bond donors (Lipinski definition) is 4. The van der Waals surface area contributed by atoms with E-state index in [9.17, 15) is 23.1 Å². The monoisotopic (exact) mass is 450 g/mol.